The number of aromatic nitrogens is 4. The molecule has 1 amide bonds. The molecule has 7 nitrogen and oxygen atoms in total. The molecule has 1 atom stereocenters. The van der Waals surface area contributed by atoms with Crippen LogP contribution in [0.1, 0.15) is 29.0 Å². The fourth-order valence-corrected chi connectivity index (χ4v) is 2.36. The molecule has 1 aromatic carbocycles. The van der Waals surface area contributed by atoms with E-state index in [0.717, 1.165) is 25.1 Å². The zero-order chi connectivity index (χ0) is 14.7. The number of aryl methyl sites for hydroxylation is 1. The van der Waals surface area contributed by atoms with Crippen molar-refractivity contribution in [1.29, 1.82) is 0 Å². The summed E-state index contributed by atoms with van der Waals surface area (Å²) >= 11 is 0. The van der Waals surface area contributed by atoms with Crippen LogP contribution in [0, 0.1) is 6.92 Å². The van der Waals surface area contributed by atoms with Crippen LogP contribution < -0.4 is 5.32 Å². The summed E-state index contributed by atoms with van der Waals surface area (Å²) in [5.74, 6) is 0.560. The van der Waals surface area contributed by atoms with Crippen molar-refractivity contribution in [2.75, 3.05) is 13.2 Å². The van der Waals surface area contributed by atoms with Crippen molar-refractivity contribution in [3.8, 4) is 5.69 Å². The van der Waals surface area contributed by atoms with Gasteiger partial charge in [-0.3, -0.25) is 4.79 Å². The first-order valence-electron chi connectivity index (χ1n) is 6.99. The van der Waals surface area contributed by atoms with Crippen LogP contribution in [0.3, 0.4) is 0 Å². The SMILES string of the molecule is Cc1nnnn1-c1cccc(C(=O)NCC2CCCO2)c1. The maximum Gasteiger partial charge on any atom is 0.251 e. The summed E-state index contributed by atoms with van der Waals surface area (Å²) in [4.78, 5) is 12.2. The Kier molecular flexibility index (Phi) is 3.92. The Morgan fingerprint density at radius 2 is 2.43 bits per heavy atom. The Labute approximate surface area is 122 Å². The molecule has 1 aliphatic rings. The molecular formula is C14H17N5O2. The van der Waals surface area contributed by atoms with Crippen LogP contribution in [0.5, 0.6) is 0 Å². The van der Waals surface area contributed by atoms with Gasteiger partial charge in [-0.15, -0.1) is 5.10 Å². The number of nitrogens with zero attached hydrogens (tertiary/aromatic N) is 4. The number of amides is 1. The average Bonchev–Trinajstić information content (AvgIpc) is 3.16. The molecule has 0 aliphatic carbocycles. The van der Waals surface area contributed by atoms with Crippen LogP contribution >= 0.6 is 0 Å². The van der Waals surface area contributed by atoms with E-state index in [1.54, 1.807) is 16.8 Å². The first kappa shape index (κ1) is 13.7. The van der Waals surface area contributed by atoms with Gasteiger partial charge in [-0.05, 0) is 48.4 Å². The number of ether oxygens (including phenoxy) is 1. The van der Waals surface area contributed by atoms with Crippen molar-refractivity contribution < 1.29 is 9.53 Å². The highest BCUT2D eigenvalue weighted by atomic mass is 16.5. The van der Waals surface area contributed by atoms with Crippen molar-refractivity contribution >= 4 is 5.91 Å². The van der Waals surface area contributed by atoms with Gasteiger partial charge in [-0.2, -0.15) is 4.68 Å². The molecule has 0 spiro atoms. The van der Waals surface area contributed by atoms with Gasteiger partial charge >= 0.3 is 0 Å². The largest absolute Gasteiger partial charge is 0.376 e. The predicted molar refractivity (Wildman–Crippen MR) is 75.2 cm³/mol. The zero-order valence-electron chi connectivity index (χ0n) is 11.8. The Balaban J connectivity index is 1.70. The Morgan fingerprint density at radius 1 is 1.52 bits per heavy atom. The van der Waals surface area contributed by atoms with E-state index in [1.165, 1.54) is 0 Å². The van der Waals surface area contributed by atoms with Crippen LogP contribution in [-0.2, 0) is 4.74 Å². The number of hydrogen-bond donors (Lipinski definition) is 1. The third kappa shape index (κ3) is 3.08. The van der Waals surface area contributed by atoms with Crippen molar-refractivity contribution in [2.24, 2.45) is 0 Å². The maximum atomic E-state index is 12.2. The summed E-state index contributed by atoms with van der Waals surface area (Å²) in [6.45, 7) is 3.14. The van der Waals surface area contributed by atoms with E-state index >= 15 is 0 Å². The Hall–Kier alpha value is -2.28. The van der Waals surface area contributed by atoms with Gasteiger partial charge in [0.2, 0.25) is 0 Å². The van der Waals surface area contributed by atoms with E-state index < -0.39 is 0 Å². The lowest BCUT2D eigenvalue weighted by Gasteiger charge is -2.11. The first-order valence-corrected chi connectivity index (χ1v) is 6.99. The monoisotopic (exact) mass is 287 g/mol. The van der Waals surface area contributed by atoms with Gasteiger partial charge in [0, 0.05) is 18.7 Å². The number of carbonyl (C=O) groups excluding carboxylic acids is 1. The summed E-state index contributed by atoms with van der Waals surface area (Å²) in [5, 5.41) is 14.3. The standard InChI is InChI=1S/C14H17N5O2/c1-10-16-17-18-19(10)12-5-2-4-11(8-12)14(20)15-9-13-6-3-7-21-13/h2,4-5,8,13H,3,6-7,9H2,1H3,(H,15,20). The second-order valence-electron chi connectivity index (χ2n) is 5.03. The molecule has 21 heavy (non-hydrogen) atoms. The van der Waals surface area contributed by atoms with Crippen molar-refractivity contribution in [2.45, 2.75) is 25.9 Å². The smallest absolute Gasteiger partial charge is 0.251 e. The van der Waals surface area contributed by atoms with E-state index in [0.29, 0.717) is 17.9 Å². The predicted octanol–water partition coefficient (Wildman–Crippen LogP) is 0.880. The Bertz CT molecular complexity index is 634. The fraction of sp³-hybridized carbons (Fsp3) is 0.429. The lowest BCUT2D eigenvalue weighted by atomic mass is 10.1. The normalized spacial score (nSPS) is 17.9. The molecule has 1 aliphatic heterocycles. The highest BCUT2D eigenvalue weighted by Crippen LogP contribution is 2.12. The van der Waals surface area contributed by atoms with Crippen molar-refractivity contribution in [3.05, 3.63) is 35.7 Å². The Morgan fingerprint density at radius 3 is 3.14 bits per heavy atom. The highest BCUT2D eigenvalue weighted by Gasteiger charge is 2.17. The van der Waals surface area contributed by atoms with Gasteiger partial charge in [0.15, 0.2) is 5.82 Å². The summed E-state index contributed by atoms with van der Waals surface area (Å²) in [6.07, 6.45) is 2.21. The van der Waals surface area contributed by atoms with Gasteiger partial charge < -0.3 is 10.1 Å². The number of nitrogens with one attached hydrogen (secondary N) is 1. The van der Waals surface area contributed by atoms with Crippen LogP contribution in [0.15, 0.2) is 24.3 Å². The van der Waals surface area contributed by atoms with Crippen LogP contribution in [-0.4, -0.2) is 45.4 Å². The molecule has 110 valence electrons. The van der Waals surface area contributed by atoms with E-state index in [2.05, 4.69) is 20.8 Å². The topological polar surface area (TPSA) is 81.9 Å². The van der Waals surface area contributed by atoms with Crippen LogP contribution in [0.4, 0.5) is 0 Å². The van der Waals surface area contributed by atoms with E-state index in [9.17, 15) is 4.79 Å². The molecule has 2 aromatic rings. The molecule has 1 unspecified atom stereocenters. The molecule has 1 N–H and O–H groups in total. The molecular weight excluding hydrogens is 270 g/mol. The van der Waals surface area contributed by atoms with Gasteiger partial charge in [0.25, 0.3) is 5.91 Å². The van der Waals surface area contributed by atoms with Crippen molar-refractivity contribution in [3.63, 3.8) is 0 Å². The summed E-state index contributed by atoms with van der Waals surface area (Å²) in [5.41, 5.74) is 1.35. The van der Waals surface area contributed by atoms with Gasteiger partial charge in [-0.25, -0.2) is 0 Å². The number of rotatable bonds is 4. The molecule has 7 heteroatoms. The second-order valence-corrected chi connectivity index (χ2v) is 5.03. The van der Waals surface area contributed by atoms with Gasteiger partial charge in [0.1, 0.15) is 0 Å². The molecule has 2 heterocycles. The number of hydrogen-bond acceptors (Lipinski definition) is 5. The maximum absolute atomic E-state index is 12.2. The number of benzene rings is 1. The molecule has 1 aromatic heterocycles. The average molecular weight is 287 g/mol. The summed E-state index contributed by atoms with van der Waals surface area (Å²) < 4.78 is 7.09. The van der Waals surface area contributed by atoms with E-state index in [1.807, 2.05) is 19.1 Å². The van der Waals surface area contributed by atoms with Crippen molar-refractivity contribution in [1.82, 2.24) is 25.5 Å². The minimum Gasteiger partial charge on any atom is -0.376 e. The lowest BCUT2D eigenvalue weighted by Crippen LogP contribution is -2.31. The zero-order valence-corrected chi connectivity index (χ0v) is 11.8. The molecule has 0 bridgehead atoms. The quantitative estimate of drug-likeness (QED) is 0.902. The molecule has 0 radical (unpaired) electrons. The summed E-state index contributed by atoms with van der Waals surface area (Å²) in [6, 6.07) is 7.22. The van der Waals surface area contributed by atoms with Gasteiger partial charge in [0.05, 0.1) is 11.8 Å². The number of tetrazole rings is 1. The molecule has 1 fully saturated rings. The minimum atomic E-state index is -0.113. The summed E-state index contributed by atoms with van der Waals surface area (Å²) in [7, 11) is 0. The first-order chi connectivity index (χ1) is 10.2. The fourth-order valence-electron chi connectivity index (χ4n) is 2.36. The van der Waals surface area contributed by atoms with Crippen LogP contribution in [0.2, 0.25) is 0 Å². The minimum absolute atomic E-state index is 0.113. The highest BCUT2D eigenvalue weighted by molar-refractivity contribution is 5.94. The van der Waals surface area contributed by atoms with E-state index in [4.69, 9.17) is 4.74 Å². The van der Waals surface area contributed by atoms with Gasteiger partial charge in [-0.1, -0.05) is 6.07 Å². The number of carbonyl (C=O) groups is 1. The lowest BCUT2D eigenvalue weighted by molar-refractivity contribution is 0.0858. The third-order valence-electron chi connectivity index (χ3n) is 3.49. The molecule has 3 rings (SSSR count). The second kappa shape index (κ2) is 6.01. The third-order valence-corrected chi connectivity index (χ3v) is 3.49. The van der Waals surface area contributed by atoms with Crippen LogP contribution in [0.25, 0.3) is 5.69 Å². The molecule has 1 saturated heterocycles. The van der Waals surface area contributed by atoms with E-state index in [-0.39, 0.29) is 12.0 Å². The molecule has 0 saturated carbocycles.